The van der Waals surface area contributed by atoms with Crippen LogP contribution in [0, 0.1) is 11.3 Å². The van der Waals surface area contributed by atoms with Gasteiger partial charge in [-0.2, -0.15) is 18.4 Å². The number of rotatable bonds is 7. The zero-order valence-corrected chi connectivity index (χ0v) is 24.8. The van der Waals surface area contributed by atoms with Gasteiger partial charge < -0.3 is 29.7 Å². The molecule has 1 aromatic heterocycles. The van der Waals surface area contributed by atoms with Crippen LogP contribution in [0.1, 0.15) is 47.1 Å². The van der Waals surface area contributed by atoms with Gasteiger partial charge in [0.2, 0.25) is 0 Å². The van der Waals surface area contributed by atoms with E-state index < -0.39 is 35.7 Å². The van der Waals surface area contributed by atoms with Gasteiger partial charge in [-0.15, -0.1) is 0 Å². The zero-order chi connectivity index (χ0) is 31.9. The Morgan fingerprint density at radius 3 is 2.40 bits per heavy atom. The van der Waals surface area contributed by atoms with Gasteiger partial charge in [0.1, 0.15) is 24.7 Å². The first kappa shape index (κ1) is 31.2. The van der Waals surface area contributed by atoms with Crippen LogP contribution in [0.25, 0.3) is 10.8 Å². The molecule has 0 saturated carbocycles. The van der Waals surface area contributed by atoms with Gasteiger partial charge in [-0.05, 0) is 29.7 Å². The number of benzene rings is 2. The molecule has 0 bridgehead atoms. The van der Waals surface area contributed by atoms with Crippen LogP contribution in [0.15, 0.2) is 30.5 Å². The SMILES string of the molecule is CNC(=O)c1cc2c(NC(=O)C(F)(F)F)n(CC(=O)c3cc4c(c(C(C)(C)C)c3)OCCN4CC#N)cc2cc1N(C)C. The van der Waals surface area contributed by atoms with Crippen LogP contribution in [0.3, 0.4) is 0 Å². The zero-order valence-electron chi connectivity index (χ0n) is 24.8. The minimum absolute atomic E-state index is 0.0794. The number of fused-ring (bicyclic) bond motifs is 2. The van der Waals surface area contributed by atoms with Crippen molar-refractivity contribution in [2.75, 3.05) is 56.0 Å². The Morgan fingerprint density at radius 2 is 1.81 bits per heavy atom. The van der Waals surface area contributed by atoms with E-state index in [1.54, 1.807) is 37.2 Å². The van der Waals surface area contributed by atoms with Crippen molar-refractivity contribution in [1.82, 2.24) is 9.88 Å². The van der Waals surface area contributed by atoms with E-state index in [-0.39, 0.29) is 28.9 Å². The maximum Gasteiger partial charge on any atom is 0.471 e. The minimum Gasteiger partial charge on any atom is -0.489 e. The van der Waals surface area contributed by atoms with Gasteiger partial charge in [0, 0.05) is 54.9 Å². The van der Waals surface area contributed by atoms with Crippen molar-refractivity contribution in [2.45, 2.75) is 38.9 Å². The molecule has 4 rings (SSSR count). The number of nitrogens with zero attached hydrogens (tertiary/aromatic N) is 4. The van der Waals surface area contributed by atoms with Gasteiger partial charge in [0.15, 0.2) is 5.78 Å². The lowest BCUT2D eigenvalue weighted by Gasteiger charge is -2.34. The number of anilines is 3. The average Bonchev–Trinajstić information content (AvgIpc) is 3.25. The summed E-state index contributed by atoms with van der Waals surface area (Å²) in [6.07, 6.45) is -3.73. The van der Waals surface area contributed by atoms with Crippen LogP contribution in [-0.4, -0.2) is 69.2 Å². The summed E-state index contributed by atoms with van der Waals surface area (Å²) in [5, 5.41) is 14.3. The summed E-state index contributed by atoms with van der Waals surface area (Å²) in [6, 6.07) is 8.44. The first-order chi connectivity index (χ1) is 20.1. The molecule has 2 N–H and O–H groups in total. The van der Waals surface area contributed by atoms with Crippen LogP contribution in [-0.2, 0) is 16.8 Å². The number of halogens is 3. The maximum atomic E-state index is 13.8. The summed E-state index contributed by atoms with van der Waals surface area (Å²) in [7, 11) is 4.85. The highest BCUT2D eigenvalue weighted by molar-refractivity contribution is 6.10. The van der Waals surface area contributed by atoms with E-state index in [2.05, 4.69) is 11.4 Å². The highest BCUT2D eigenvalue weighted by atomic mass is 19.4. The van der Waals surface area contributed by atoms with Gasteiger partial charge in [-0.25, -0.2) is 0 Å². The van der Waals surface area contributed by atoms with E-state index >= 15 is 0 Å². The van der Waals surface area contributed by atoms with Crippen molar-refractivity contribution < 1.29 is 32.3 Å². The van der Waals surface area contributed by atoms with Crippen LogP contribution in [0.2, 0.25) is 0 Å². The van der Waals surface area contributed by atoms with Crippen molar-refractivity contribution in [3.63, 3.8) is 0 Å². The molecule has 2 heterocycles. The molecule has 228 valence electrons. The van der Waals surface area contributed by atoms with Crippen molar-refractivity contribution in [3.05, 3.63) is 47.2 Å². The molecular weight excluding hydrogens is 565 g/mol. The highest BCUT2D eigenvalue weighted by Crippen LogP contribution is 2.42. The highest BCUT2D eigenvalue weighted by Gasteiger charge is 2.39. The van der Waals surface area contributed by atoms with Gasteiger partial charge in [-0.3, -0.25) is 14.4 Å². The predicted octanol–water partition coefficient (Wildman–Crippen LogP) is 4.47. The molecule has 2 aromatic carbocycles. The topological polar surface area (TPSA) is 120 Å². The van der Waals surface area contributed by atoms with Gasteiger partial charge in [-0.1, -0.05) is 20.8 Å². The Hall–Kier alpha value is -4.73. The molecule has 3 aromatic rings. The Balaban J connectivity index is 1.87. The smallest absolute Gasteiger partial charge is 0.471 e. The third kappa shape index (κ3) is 6.23. The van der Waals surface area contributed by atoms with E-state index in [1.807, 2.05) is 31.0 Å². The van der Waals surface area contributed by atoms with E-state index in [9.17, 15) is 32.8 Å². The largest absolute Gasteiger partial charge is 0.489 e. The van der Waals surface area contributed by atoms with Gasteiger partial charge in [0.25, 0.3) is 5.91 Å². The lowest BCUT2D eigenvalue weighted by molar-refractivity contribution is -0.167. The second kappa shape index (κ2) is 11.5. The standard InChI is InChI=1S/C30H33F3N6O4/c1-29(2,3)21-11-17(12-23-25(21)43-10-9-38(23)8-7-34)24(40)16-39-15-18-13-22(37(5)6)20(27(41)35-4)14-19(18)26(39)36-28(42)30(31,32)33/h11-15H,8-10,16H2,1-6H3,(H,35,41)(H,36,42). The van der Waals surface area contributed by atoms with E-state index in [0.29, 0.717) is 35.7 Å². The number of ketones is 1. The number of nitriles is 1. The van der Waals surface area contributed by atoms with Crippen molar-refractivity contribution in [3.8, 4) is 11.8 Å². The molecular formula is C30H33F3N6O4. The number of Topliss-reactive ketones (excluding diaryl/α,β-unsaturated/α-hetero) is 1. The number of carbonyl (C=O) groups excluding carboxylic acids is 3. The molecule has 0 spiro atoms. The number of nitrogens with one attached hydrogen (secondary N) is 2. The Labute approximate surface area is 247 Å². The van der Waals surface area contributed by atoms with E-state index in [0.717, 1.165) is 5.56 Å². The molecule has 2 amide bonds. The summed E-state index contributed by atoms with van der Waals surface area (Å²) in [4.78, 5) is 42.0. The van der Waals surface area contributed by atoms with E-state index in [1.165, 1.54) is 23.9 Å². The second-order valence-electron chi connectivity index (χ2n) is 11.5. The Bertz CT molecular complexity index is 1650. The lowest BCUT2D eigenvalue weighted by atomic mass is 9.84. The number of aromatic nitrogens is 1. The van der Waals surface area contributed by atoms with Crippen LogP contribution < -0.4 is 25.2 Å². The Morgan fingerprint density at radius 1 is 1.12 bits per heavy atom. The van der Waals surface area contributed by atoms with Crippen molar-refractivity contribution >= 4 is 45.6 Å². The third-order valence-electron chi connectivity index (χ3n) is 7.17. The number of hydrogen-bond acceptors (Lipinski definition) is 7. The van der Waals surface area contributed by atoms with Crippen molar-refractivity contribution in [1.29, 1.82) is 5.26 Å². The number of amides is 2. The Kier molecular flexibility index (Phi) is 8.35. The molecule has 0 atom stereocenters. The van der Waals surface area contributed by atoms with Gasteiger partial charge >= 0.3 is 12.1 Å². The third-order valence-corrected chi connectivity index (χ3v) is 7.17. The van der Waals surface area contributed by atoms with Crippen LogP contribution in [0.5, 0.6) is 5.75 Å². The summed E-state index contributed by atoms with van der Waals surface area (Å²) in [5.41, 5.74) is 1.81. The molecule has 0 unspecified atom stereocenters. The molecule has 43 heavy (non-hydrogen) atoms. The molecule has 0 fully saturated rings. The quantitative estimate of drug-likeness (QED) is 0.304. The normalized spacial score (nSPS) is 13.2. The molecule has 0 saturated heterocycles. The van der Waals surface area contributed by atoms with Crippen LogP contribution in [0.4, 0.5) is 30.4 Å². The number of ether oxygens (including phenoxy) is 1. The minimum atomic E-state index is -5.19. The summed E-state index contributed by atoms with van der Waals surface area (Å²) in [6.45, 7) is 6.35. The predicted molar refractivity (Wildman–Crippen MR) is 157 cm³/mol. The molecule has 10 nitrogen and oxygen atoms in total. The first-order valence-corrected chi connectivity index (χ1v) is 13.5. The molecule has 13 heteroatoms. The monoisotopic (exact) mass is 598 g/mol. The average molecular weight is 599 g/mol. The summed E-state index contributed by atoms with van der Waals surface area (Å²) < 4.78 is 47.2. The second-order valence-corrected chi connectivity index (χ2v) is 11.5. The molecule has 0 aliphatic carbocycles. The van der Waals surface area contributed by atoms with Gasteiger partial charge in [0.05, 0.1) is 30.4 Å². The fourth-order valence-electron chi connectivity index (χ4n) is 5.02. The summed E-state index contributed by atoms with van der Waals surface area (Å²) >= 11 is 0. The lowest BCUT2D eigenvalue weighted by Crippen LogP contribution is -2.34. The molecule has 1 aliphatic heterocycles. The fourth-order valence-corrected chi connectivity index (χ4v) is 5.02. The first-order valence-electron chi connectivity index (χ1n) is 13.5. The fraction of sp³-hybridized carbons (Fsp3) is 0.400. The maximum absolute atomic E-state index is 13.8. The molecule has 1 aliphatic rings. The van der Waals surface area contributed by atoms with E-state index in [4.69, 9.17) is 4.74 Å². The number of alkyl halides is 3. The number of hydrogen-bond donors (Lipinski definition) is 2. The number of carbonyl (C=O) groups is 3. The van der Waals surface area contributed by atoms with Crippen molar-refractivity contribution in [2.24, 2.45) is 0 Å². The summed E-state index contributed by atoms with van der Waals surface area (Å²) in [5.74, 6) is -2.83. The molecule has 0 radical (unpaired) electrons. The van der Waals surface area contributed by atoms with Crippen LogP contribution >= 0.6 is 0 Å².